The number of fused-ring (bicyclic) bond motifs is 1. The zero-order valence-electron chi connectivity index (χ0n) is 15.9. The Morgan fingerprint density at radius 1 is 1.10 bits per heavy atom. The lowest BCUT2D eigenvalue weighted by molar-refractivity contribution is -0.137. The van der Waals surface area contributed by atoms with Crippen LogP contribution in [-0.2, 0) is 12.7 Å². The molecule has 156 valence electrons. The molecule has 4 aromatic rings. The maximum atomic E-state index is 13.3. The van der Waals surface area contributed by atoms with Crippen molar-refractivity contribution in [1.82, 2.24) is 19.3 Å². The van der Waals surface area contributed by atoms with E-state index in [0.717, 1.165) is 45.9 Å². The lowest BCUT2D eigenvalue weighted by Gasteiger charge is -2.13. The molecule has 0 aliphatic rings. The van der Waals surface area contributed by atoms with Crippen molar-refractivity contribution < 1.29 is 13.2 Å². The van der Waals surface area contributed by atoms with Gasteiger partial charge in [-0.1, -0.05) is 48.2 Å². The van der Waals surface area contributed by atoms with Crippen molar-refractivity contribution in [2.45, 2.75) is 31.2 Å². The Labute approximate surface area is 178 Å². The maximum absolute atomic E-state index is 13.3. The Bertz CT molecular complexity index is 1240. The largest absolute Gasteiger partial charge is 0.416 e. The van der Waals surface area contributed by atoms with Crippen LogP contribution in [0.25, 0.3) is 15.9 Å². The van der Waals surface area contributed by atoms with E-state index in [1.54, 1.807) is 15.2 Å². The lowest BCUT2D eigenvalue weighted by atomic mass is 10.2. The lowest BCUT2D eigenvalue weighted by Crippen LogP contribution is -2.17. The normalized spacial score (nSPS) is 12.0. The highest BCUT2D eigenvalue weighted by molar-refractivity contribution is 7.99. The van der Waals surface area contributed by atoms with Crippen molar-refractivity contribution in [3.63, 3.8) is 0 Å². The van der Waals surface area contributed by atoms with E-state index in [9.17, 15) is 18.0 Å². The molecule has 0 atom stereocenters. The summed E-state index contributed by atoms with van der Waals surface area (Å²) in [5.41, 5.74) is 0.328. The average Bonchev–Trinajstić information content (AvgIpc) is 3.27. The topological polar surface area (TPSA) is 52.7 Å². The minimum Gasteiger partial charge on any atom is -0.291 e. The molecule has 2 aromatic carbocycles. The molecule has 30 heavy (non-hydrogen) atoms. The molecule has 0 amide bonds. The minimum absolute atomic E-state index is 0.110. The van der Waals surface area contributed by atoms with Crippen LogP contribution in [0.4, 0.5) is 13.2 Å². The molecule has 2 aromatic heterocycles. The maximum Gasteiger partial charge on any atom is 0.416 e. The molecule has 0 bridgehead atoms. The third kappa shape index (κ3) is 4.01. The molecule has 0 saturated heterocycles. The van der Waals surface area contributed by atoms with Crippen LogP contribution in [0.3, 0.4) is 0 Å². The third-order valence-corrected chi connectivity index (χ3v) is 6.54. The fraction of sp³-hybridized carbons (Fsp3) is 0.250. The molecule has 10 heteroatoms. The zero-order valence-corrected chi connectivity index (χ0v) is 17.5. The number of hydrogen-bond acceptors (Lipinski definition) is 5. The van der Waals surface area contributed by atoms with E-state index in [-0.39, 0.29) is 11.4 Å². The summed E-state index contributed by atoms with van der Waals surface area (Å²) in [6, 6.07) is 12.5. The highest BCUT2D eigenvalue weighted by Crippen LogP contribution is 2.32. The number of thioether (sulfide) groups is 1. The van der Waals surface area contributed by atoms with Crippen molar-refractivity contribution in [2.24, 2.45) is 0 Å². The van der Waals surface area contributed by atoms with Gasteiger partial charge in [-0.2, -0.15) is 13.2 Å². The Kier molecular flexibility index (Phi) is 5.70. The molecule has 0 spiro atoms. The number of para-hydroxylation sites is 1. The standard InChI is InChI=1S/C20H17F3N4OS2/c1-2-10-29-18-25-24-17(12-26-15-8-3-4-9-16(15)30-19(26)28)27(18)14-7-5-6-13(11-14)20(21,22)23/h3-9,11H,2,10,12H2,1H3. The Balaban J connectivity index is 1.83. The van der Waals surface area contributed by atoms with Crippen LogP contribution in [0.15, 0.2) is 58.5 Å². The van der Waals surface area contributed by atoms with Gasteiger partial charge in [-0.15, -0.1) is 10.2 Å². The zero-order chi connectivity index (χ0) is 21.3. The van der Waals surface area contributed by atoms with Gasteiger partial charge in [-0.25, -0.2) is 0 Å². The van der Waals surface area contributed by atoms with Crippen molar-refractivity contribution in [1.29, 1.82) is 0 Å². The van der Waals surface area contributed by atoms with E-state index in [1.165, 1.54) is 17.8 Å². The Morgan fingerprint density at radius 3 is 2.67 bits per heavy atom. The first kappa shape index (κ1) is 20.7. The second-order valence-electron chi connectivity index (χ2n) is 6.55. The summed E-state index contributed by atoms with van der Waals surface area (Å²) in [7, 11) is 0. The van der Waals surface area contributed by atoms with Crippen molar-refractivity contribution in [3.05, 3.63) is 69.6 Å². The summed E-state index contributed by atoms with van der Waals surface area (Å²) in [6.45, 7) is 2.12. The number of hydrogen-bond donors (Lipinski definition) is 0. The van der Waals surface area contributed by atoms with Gasteiger partial charge >= 0.3 is 11.0 Å². The SMILES string of the molecule is CCCSc1nnc(Cn2c(=O)sc3ccccc32)n1-c1cccc(C(F)(F)F)c1. The number of thiazole rings is 1. The van der Waals surface area contributed by atoms with Crippen molar-refractivity contribution in [2.75, 3.05) is 5.75 Å². The minimum atomic E-state index is -4.46. The van der Waals surface area contributed by atoms with Gasteiger partial charge < -0.3 is 0 Å². The van der Waals surface area contributed by atoms with Gasteiger partial charge in [0.1, 0.15) is 0 Å². The predicted molar refractivity (Wildman–Crippen MR) is 113 cm³/mol. The van der Waals surface area contributed by atoms with Crippen LogP contribution in [0.2, 0.25) is 0 Å². The summed E-state index contributed by atoms with van der Waals surface area (Å²) < 4.78 is 43.8. The Hall–Kier alpha value is -2.59. The number of halogens is 3. The van der Waals surface area contributed by atoms with E-state index in [4.69, 9.17) is 0 Å². The quantitative estimate of drug-likeness (QED) is 0.378. The molecule has 5 nitrogen and oxygen atoms in total. The van der Waals surface area contributed by atoms with Gasteiger partial charge in [0.25, 0.3) is 0 Å². The molecule has 2 heterocycles. The molecule has 0 fully saturated rings. The van der Waals surface area contributed by atoms with E-state index in [2.05, 4.69) is 10.2 Å². The average molecular weight is 451 g/mol. The number of aromatic nitrogens is 4. The predicted octanol–water partition coefficient (Wildman–Crippen LogP) is 5.21. The first-order valence-electron chi connectivity index (χ1n) is 9.21. The summed E-state index contributed by atoms with van der Waals surface area (Å²) in [4.78, 5) is 12.4. The highest BCUT2D eigenvalue weighted by Gasteiger charge is 2.31. The fourth-order valence-corrected chi connectivity index (χ4v) is 4.79. The molecule has 0 unspecified atom stereocenters. The number of alkyl halides is 3. The van der Waals surface area contributed by atoms with Crippen molar-refractivity contribution >= 4 is 33.3 Å². The number of rotatable bonds is 6. The molecule has 4 rings (SSSR count). The van der Waals surface area contributed by atoms with Gasteiger partial charge in [-0.05, 0) is 36.8 Å². The molecule has 0 saturated carbocycles. The second kappa shape index (κ2) is 8.27. The van der Waals surface area contributed by atoms with E-state index in [0.29, 0.717) is 16.7 Å². The molecular formula is C20H17F3N4OS2. The first-order chi connectivity index (χ1) is 14.4. The molecule has 0 aliphatic heterocycles. The molecular weight excluding hydrogens is 433 g/mol. The summed E-state index contributed by atoms with van der Waals surface area (Å²) >= 11 is 2.54. The highest BCUT2D eigenvalue weighted by atomic mass is 32.2. The van der Waals surface area contributed by atoms with E-state index < -0.39 is 11.7 Å². The monoisotopic (exact) mass is 450 g/mol. The van der Waals surface area contributed by atoms with Crippen LogP contribution < -0.4 is 4.87 Å². The first-order valence-corrected chi connectivity index (χ1v) is 11.0. The summed E-state index contributed by atoms with van der Waals surface area (Å²) in [6.07, 6.45) is -3.58. The van der Waals surface area contributed by atoms with Gasteiger partial charge in [0.15, 0.2) is 11.0 Å². The third-order valence-electron chi connectivity index (χ3n) is 4.44. The second-order valence-corrected chi connectivity index (χ2v) is 8.61. The fourth-order valence-electron chi connectivity index (χ4n) is 3.08. The van der Waals surface area contributed by atoms with Crippen LogP contribution in [-0.4, -0.2) is 25.1 Å². The van der Waals surface area contributed by atoms with E-state index >= 15 is 0 Å². The summed E-state index contributed by atoms with van der Waals surface area (Å²) in [5.74, 6) is 1.15. The summed E-state index contributed by atoms with van der Waals surface area (Å²) in [5, 5.41) is 8.91. The van der Waals surface area contributed by atoms with Crippen LogP contribution in [0.5, 0.6) is 0 Å². The van der Waals surface area contributed by atoms with E-state index in [1.807, 2.05) is 31.2 Å². The van der Waals surface area contributed by atoms with Gasteiger partial charge in [0.05, 0.1) is 28.0 Å². The molecule has 0 aliphatic carbocycles. The van der Waals surface area contributed by atoms with Crippen LogP contribution in [0, 0.1) is 0 Å². The van der Waals surface area contributed by atoms with Gasteiger partial charge in [0, 0.05) is 5.75 Å². The van der Waals surface area contributed by atoms with Crippen molar-refractivity contribution in [3.8, 4) is 5.69 Å². The van der Waals surface area contributed by atoms with Crippen LogP contribution in [0.1, 0.15) is 24.7 Å². The Morgan fingerprint density at radius 2 is 1.90 bits per heavy atom. The van der Waals surface area contributed by atoms with Gasteiger partial charge in [0.2, 0.25) is 0 Å². The molecule has 0 N–H and O–H groups in total. The number of benzene rings is 2. The molecule has 0 radical (unpaired) electrons. The smallest absolute Gasteiger partial charge is 0.291 e. The van der Waals surface area contributed by atoms with Crippen LogP contribution >= 0.6 is 23.1 Å². The van der Waals surface area contributed by atoms with Gasteiger partial charge in [-0.3, -0.25) is 13.9 Å². The number of nitrogens with zero attached hydrogens (tertiary/aromatic N) is 4.